The molecular formula is C25H29N7O5. The number of nitrogens with zero attached hydrogens (tertiary/aromatic N) is 4. The number of aryl methyl sites for hydroxylation is 1. The normalized spacial score (nSPS) is 16.4. The van der Waals surface area contributed by atoms with Crippen LogP contribution < -0.4 is 20.9 Å². The summed E-state index contributed by atoms with van der Waals surface area (Å²) in [5.41, 5.74) is 2.46. The Morgan fingerprint density at radius 2 is 2.24 bits per heavy atom. The maximum Gasteiger partial charge on any atom is 0.328 e. The van der Waals surface area contributed by atoms with Crippen molar-refractivity contribution in [2.45, 2.75) is 25.8 Å². The number of urea groups is 1. The first-order valence-electron chi connectivity index (χ1n) is 12.1. The van der Waals surface area contributed by atoms with Gasteiger partial charge in [0.2, 0.25) is 5.91 Å². The number of pyridine rings is 2. The lowest BCUT2D eigenvalue weighted by molar-refractivity contribution is -0.125. The summed E-state index contributed by atoms with van der Waals surface area (Å²) in [6, 6.07) is 5.03. The van der Waals surface area contributed by atoms with E-state index in [0.717, 1.165) is 5.56 Å². The van der Waals surface area contributed by atoms with Crippen LogP contribution in [0.1, 0.15) is 40.0 Å². The summed E-state index contributed by atoms with van der Waals surface area (Å²) in [5, 5.41) is 18.0. The zero-order valence-electron chi connectivity index (χ0n) is 20.6. The second-order valence-electron chi connectivity index (χ2n) is 8.74. The van der Waals surface area contributed by atoms with Gasteiger partial charge in [-0.25, -0.2) is 14.8 Å². The van der Waals surface area contributed by atoms with E-state index >= 15 is 0 Å². The maximum atomic E-state index is 13.2. The Labute approximate surface area is 214 Å². The van der Waals surface area contributed by atoms with E-state index < -0.39 is 6.03 Å². The summed E-state index contributed by atoms with van der Waals surface area (Å²) in [4.78, 5) is 47.5. The summed E-state index contributed by atoms with van der Waals surface area (Å²) in [6.45, 7) is 2.49. The van der Waals surface area contributed by atoms with Gasteiger partial charge in [-0.05, 0) is 30.9 Å². The Bertz CT molecular complexity index is 1210. The van der Waals surface area contributed by atoms with Gasteiger partial charge in [0.1, 0.15) is 23.4 Å². The van der Waals surface area contributed by atoms with Crippen LogP contribution in [-0.4, -0.2) is 68.2 Å². The quantitative estimate of drug-likeness (QED) is 0.340. The summed E-state index contributed by atoms with van der Waals surface area (Å²) in [6.07, 6.45) is 4.09. The number of aromatic nitrogens is 2. The predicted molar refractivity (Wildman–Crippen MR) is 134 cm³/mol. The highest BCUT2D eigenvalue weighted by atomic mass is 16.5. The van der Waals surface area contributed by atoms with Gasteiger partial charge in [-0.2, -0.15) is 5.26 Å². The zero-order chi connectivity index (χ0) is 26.2. The lowest BCUT2D eigenvalue weighted by Crippen LogP contribution is -2.40. The molecule has 1 atom stereocenters. The highest BCUT2D eigenvalue weighted by Crippen LogP contribution is 2.28. The number of hydrogen-bond donors (Lipinski definition) is 3. The fourth-order valence-corrected chi connectivity index (χ4v) is 4.29. The van der Waals surface area contributed by atoms with E-state index in [2.05, 4.69) is 32.0 Å². The standard InChI is InChI=1S/C25H29N7O5/c1-36-8-5-27-20-10-22(28-13-19(20)11-26)31-25(35)32-6-2-3-16-9-18(21(14-33)30-23(16)32)12-29-24(34)17-4-7-37-15-17/h9-10,13-14,17H,2-8,12,15H2,1H3,(H,29,34)(H2,27,28,31,35). The number of anilines is 3. The van der Waals surface area contributed by atoms with Gasteiger partial charge < -0.3 is 20.1 Å². The van der Waals surface area contributed by atoms with Crippen LogP contribution in [0.25, 0.3) is 0 Å². The van der Waals surface area contributed by atoms with Crippen LogP contribution in [0.4, 0.5) is 22.1 Å². The van der Waals surface area contributed by atoms with E-state index in [1.807, 2.05) is 6.07 Å². The molecule has 2 aliphatic heterocycles. The fourth-order valence-electron chi connectivity index (χ4n) is 4.29. The molecule has 12 nitrogen and oxygen atoms in total. The number of rotatable bonds is 9. The molecule has 1 unspecified atom stereocenters. The van der Waals surface area contributed by atoms with Gasteiger partial charge in [0.25, 0.3) is 0 Å². The molecule has 2 aromatic heterocycles. The summed E-state index contributed by atoms with van der Waals surface area (Å²) in [7, 11) is 1.58. The molecule has 1 fully saturated rings. The molecular weight excluding hydrogens is 478 g/mol. The van der Waals surface area contributed by atoms with Crippen molar-refractivity contribution in [3.8, 4) is 6.07 Å². The monoisotopic (exact) mass is 507 g/mol. The Kier molecular flexibility index (Phi) is 8.60. The van der Waals surface area contributed by atoms with E-state index in [-0.39, 0.29) is 29.9 Å². The molecule has 4 heterocycles. The molecule has 0 bridgehead atoms. The van der Waals surface area contributed by atoms with Crippen molar-refractivity contribution in [1.29, 1.82) is 5.26 Å². The Morgan fingerprint density at radius 3 is 2.97 bits per heavy atom. The second-order valence-corrected chi connectivity index (χ2v) is 8.74. The third kappa shape index (κ3) is 6.19. The molecule has 12 heteroatoms. The van der Waals surface area contributed by atoms with Crippen molar-refractivity contribution in [1.82, 2.24) is 15.3 Å². The molecule has 2 aromatic rings. The highest BCUT2D eigenvalue weighted by Gasteiger charge is 2.27. The number of aldehydes is 1. The van der Waals surface area contributed by atoms with Gasteiger partial charge in [-0.15, -0.1) is 0 Å². The van der Waals surface area contributed by atoms with Crippen molar-refractivity contribution in [3.05, 3.63) is 40.7 Å². The van der Waals surface area contributed by atoms with Gasteiger partial charge >= 0.3 is 6.03 Å². The van der Waals surface area contributed by atoms with Crippen molar-refractivity contribution in [2.75, 3.05) is 55.6 Å². The van der Waals surface area contributed by atoms with Crippen LogP contribution in [0.3, 0.4) is 0 Å². The van der Waals surface area contributed by atoms with E-state index in [1.165, 1.54) is 11.1 Å². The van der Waals surface area contributed by atoms with E-state index in [9.17, 15) is 19.6 Å². The lowest BCUT2D eigenvalue weighted by Gasteiger charge is -2.29. The zero-order valence-corrected chi connectivity index (χ0v) is 20.6. The third-order valence-corrected chi connectivity index (χ3v) is 6.27. The number of carbonyl (C=O) groups excluding carboxylic acids is 3. The first kappa shape index (κ1) is 26.0. The van der Waals surface area contributed by atoms with Crippen LogP contribution in [0.5, 0.6) is 0 Å². The van der Waals surface area contributed by atoms with Crippen LogP contribution >= 0.6 is 0 Å². The number of amides is 3. The molecule has 0 aromatic carbocycles. The molecule has 0 spiro atoms. The van der Waals surface area contributed by atoms with Crippen LogP contribution in [-0.2, 0) is 27.2 Å². The molecule has 3 N–H and O–H groups in total. The lowest BCUT2D eigenvalue weighted by atomic mass is 10.0. The maximum absolute atomic E-state index is 13.2. The van der Waals surface area contributed by atoms with Crippen molar-refractivity contribution in [2.24, 2.45) is 5.92 Å². The molecule has 194 valence electrons. The molecule has 0 radical (unpaired) electrons. The predicted octanol–water partition coefficient (Wildman–Crippen LogP) is 1.86. The Morgan fingerprint density at radius 1 is 1.38 bits per heavy atom. The van der Waals surface area contributed by atoms with Crippen molar-refractivity contribution >= 4 is 35.5 Å². The van der Waals surface area contributed by atoms with E-state index in [0.29, 0.717) is 81.1 Å². The number of fused-ring (bicyclic) bond motifs is 1. The van der Waals surface area contributed by atoms with Gasteiger partial charge in [0, 0.05) is 51.2 Å². The summed E-state index contributed by atoms with van der Waals surface area (Å²) < 4.78 is 10.3. The average molecular weight is 508 g/mol. The molecule has 2 aliphatic rings. The summed E-state index contributed by atoms with van der Waals surface area (Å²) >= 11 is 0. The first-order chi connectivity index (χ1) is 18.0. The number of nitrogens with one attached hydrogen (secondary N) is 3. The Balaban J connectivity index is 1.49. The molecule has 3 amide bonds. The molecule has 1 saturated heterocycles. The largest absolute Gasteiger partial charge is 0.383 e. The van der Waals surface area contributed by atoms with Crippen molar-refractivity contribution in [3.63, 3.8) is 0 Å². The van der Waals surface area contributed by atoms with E-state index in [1.54, 1.807) is 13.2 Å². The van der Waals surface area contributed by atoms with E-state index in [4.69, 9.17) is 9.47 Å². The SMILES string of the molecule is COCCNc1cc(NC(=O)N2CCCc3cc(CNC(=O)C4CCOC4)c(C=O)nc32)ncc1C#N. The minimum absolute atomic E-state index is 0.112. The minimum atomic E-state index is -0.451. The first-order valence-corrected chi connectivity index (χ1v) is 12.1. The molecule has 4 rings (SSSR count). The number of methoxy groups -OCH3 is 1. The van der Waals surface area contributed by atoms with Gasteiger partial charge in [-0.1, -0.05) is 0 Å². The van der Waals surface area contributed by atoms with Crippen LogP contribution in [0, 0.1) is 17.2 Å². The molecule has 0 saturated carbocycles. The minimum Gasteiger partial charge on any atom is -0.383 e. The van der Waals surface area contributed by atoms with Gasteiger partial charge in [-0.3, -0.25) is 19.8 Å². The second kappa shape index (κ2) is 12.2. The number of nitriles is 1. The third-order valence-electron chi connectivity index (χ3n) is 6.27. The topological polar surface area (TPSA) is 159 Å². The average Bonchev–Trinajstić information content (AvgIpc) is 3.46. The smallest absolute Gasteiger partial charge is 0.328 e. The highest BCUT2D eigenvalue weighted by molar-refractivity contribution is 6.01. The molecule has 0 aliphatic carbocycles. The van der Waals surface area contributed by atoms with Crippen LogP contribution in [0.15, 0.2) is 18.3 Å². The van der Waals surface area contributed by atoms with Gasteiger partial charge in [0.15, 0.2) is 6.29 Å². The number of ether oxygens (including phenoxy) is 2. The van der Waals surface area contributed by atoms with Crippen molar-refractivity contribution < 1.29 is 23.9 Å². The summed E-state index contributed by atoms with van der Waals surface area (Å²) in [5.74, 6) is 0.370. The van der Waals surface area contributed by atoms with Gasteiger partial charge in [0.05, 0.1) is 30.4 Å². The molecule has 37 heavy (non-hydrogen) atoms. The fraction of sp³-hybridized carbons (Fsp3) is 0.440. The number of carbonyl (C=O) groups is 3. The number of hydrogen-bond acceptors (Lipinski definition) is 9. The van der Waals surface area contributed by atoms with Crippen LogP contribution in [0.2, 0.25) is 0 Å². The Hall–Kier alpha value is -4.08.